The second-order valence-corrected chi connectivity index (χ2v) is 4.74. The summed E-state index contributed by atoms with van der Waals surface area (Å²) in [5.74, 6) is 0.973. The smallest absolute Gasteiger partial charge is 0.229 e. The van der Waals surface area contributed by atoms with Gasteiger partial charge in [-0.05, 0) is 31.3 Å². The Morgan fingerprint density at radius 2 is 1.90 bits per heavy atom. The number of hydrogen-bond acceptors (Lipinski definition) is 1. The van der Waals surface area contributed by atoms with Crippen LogP contribution in [0.2, 0.25) is 13.1 Å². The summed E-state index contributed by atoms with van der Waals surface area (Å²) in [6.45, 7) is 4.30. The minimum absolute atomic E-state index is 0.911. The lowest BCUT2D eigenvalue weighted by atomic mass is 10.3. The Balaban J connectivity index is 2.59. The van der Waals surface area contributed by atoms with Crippen LogP contribution < -0.4 is 4.43 Å². The van der Waals surface area contributed by atoms with Crippen molar-refractivity contribution in [1.29, 1.82) is 0 Å². The van der Waals surface area contributed by atoms with Gasteiger partial charge in [0.25, 0.3) is 0 Å². The third kappa shape index (κ3) is 2.23. The van der Waals surface area contributed by atoms with Gasteiger partial charge in [-0.2, -0.15) is 0 Å². The molecule has 0 atom stereocenters. The number of rotatable bonds is 2. The molecule has 0 saturated heterocycles. The van der Waals surface area contributed by atoms with Gasteiger partial charge in [0.2, 0.25) is 9.04 Å². The zero-order valence-electron chi connectivity index (χ0n) is 6.29. The molecule has 1 nitrogen and oxygen atoms in total. The first-order chi connectivity index (χ1) is 4.79. The van der Waals surface area contributed by atoms with Gasteiger partial charge in [0, 0.05) is 0 Å². The second-order valence-electron chi connectivity index (χ2n) is 2.40. The summed E-state index contributed by atoms with van der Waals surface area (Å²) in [5.41, 5.74) is 0. The Hall–Kier alpha value is -0.763. The van der Waals surface area contributed by atoms with E-state index in [9.17, 15) is 0 Å². The van der Waals surface area contributed by atoms with Gasteiger partial charge in [-0.25, -0.2) is 0 Å². The van der Waals surface area contributed by atoms with Gasteiger partial charge in [0.1, 0.15) is 5.75 Å². The van der Waals surface area contributed by atoms with Crippen LogP contribution in [-0.4, -0.2) is 9.04 Å². The Labute approximate surface area is 63.4 Å². The van der Waals surface area contributed by atoms with E-state index in [0.717, 1.165) is 5.75 Å². The van der Waals surface area contributed by atoms with Crippen molar-refractivity contribution >= 4 is 9.04 Å². The van der Waals surface area contributed by atoms with Gasteiger partial charge in [0.05, 0.1) is 0 Å². The Morgan fingerprint density at radius 3 is 2.40 bits per heavy atom. The lowest BCUT2D eigenvalue weighted by Crippen LogP contribution is -2.10. The van der Waals surface area contributed by atoms with Crippen molar-refractivity contribution < 1.29 is 4.43 Å². The maximum absolute atomic E-state index is 5.53. The van der Waals surface area contributed by atoms with E-state index in [1.165, 1.54) is 0 Å². The molecule has 1 rings (SSSR count). The van der Waals surface area contributed by atoms with E-state index >= 15 is 0 Å². The van der Waals surface area contributed by atoms with Crippen LogP contribution in [-0.2, 0) is 0 Å². The van der Waals surface area contributed by atoms with Crippen molar-refractivity contribution in [2.45, 2.75) is 13.1 Å². The highest BCUT2D eigenvalue weighted by molar-refractivity contribution is 6.49. The summed E-state index contributed by atoms with van der Waals surface area (Å²) in [5, 5.41) is 0. The Bertz CT molecular complexity index is 184. The fourth-order valence-corrected chi connectivity index (χ4v) is 1.42. The standard InChI is InChI=1S/C8H11OSi/c1-10(2)9-8-6-4-3-5-7-8/h4-7,10H,1-2H3. The maximum Gasteiger partial charge on any atom is 0.229 e. The quantitative estimate of drug-likeness (QED) is 0.586. The molecule has 1 radical (unpaired) electrons. The highest BCUT2D eigenvalue weighted by Crippen LogP contribution is 2.08. The van der Waals surface area contributed by atoms with Gasteiger partial charge in [0.15, 0.2) is 0 Å². The van der Waals surface area contributed by atoms with E-state index in [2.05, 4.69) is 19.2 Å². The van der Waals surface area contributed by atoms with E-state index in [1.54, 1.807) is 0 Å². The summed E-state index contributed by atoms with van der Waals surface area (Å²) in [6.07, 6.45) is 0. The predicted molar refractivity (Wildman–Crippen MR) is 44.8 cm³/mol. The first-order valence-electron chi connectivity index (χ1n) is 3.42. The average Bonchev–Trinajstić information content (AvgIpc) is 1.88. The predicted octanol–water partition coefficient (Wildman–Crippen LogP) is 1.85. The van der Waals surface area contributed by atoms with E-state index < -0.39 is 9.04 Å². The van der Waals surface area contributed by atoms with E-state index in [0.29, 0.717) is 0 Å². The highest BCUT2D eigenvalue weighted by atomic mass is 28.3. The summed E-state index contributed by atoms with van der Waals surface area (Å²) >= 11 is 0. The lowest BCUT2D eigenvalue weighted by molar-refractivity contribution is 0.581. The zero-order chi connectivity index (χ0) is 7.40. The van der Waals surface area contributed by atoms with Crippen molar-refractivity contribution in [3.63, 3.8) is 0 Å². The van der Waals surface area contributed by atoms with Gasteiger partial charge in [-0.15, -0.1) is 0 Å². The van der Waals surface area contributed by atoms with Gasteiger partial charge < -0.3 is 4.43 Å². The molecule has 1 aromatic carbocycles. The van der Waals surface area contributed by atoms with Crippen LogP contribution in [0.25, 0.3) is 0 Å². The Morgan fingerprint density at radius 1 is 1.30 bits per heavy atom. The molecule has 53 valence electrons. The zero-order valence-corrected chi connectivity index (χ0v) is 7.45. The molecule has 10 heavy (non-hydrogen) atoms. The molecule has 0 fully saturated rings. The molecule has 0 aliphatic rings. The molecule has 0 spiro atoms. The molecule has 0 aliphatic carbocycles. The van der Waals surface area contributed by atoms with Crippen molar-refractivity contribution in [2.24, 2.45) is 0 Å². The average molecular weight is 151 g/mol. The van der Waals surface area contributed by atoms with Crippen LogP contribution in [0.4, 0.5) is 0 Å². The topological polar surface area (TPSA) is 9.23 Å². The Kier molecular flexibility index (Phi) is 2.51. The maximum atomic E-state index is 5.53. The fourth-order valence-electron chi connectivity index (χ4n) is 0.722. The molecule has 0 N–H and O–H groups in total. The molecule has 0 bridgehead atoms. The summed E-state index contributed by atoms with van der Waals surface area (Å²) in [4.78, 5) is 0. The van der Waals surface area contributed by atoms with Crippen LogP contribution >= 0.6 is 0 Å². The summed E-state index contributed by atoms with van der Waals surface area (Å²) in [6, 6.07) is 10.6. The molecule has 0 amide bonds. The molecule has 0 aromatic heterocycles. The molecule has 1 aromatic rings. The molecule has 0 unspecified atom stereocenters. The van der Waals surface area contributed by atoms with Crippen LogP contribution in [0.1, 0.15) is 0 Å². The van der Waals surface area contributed by atoms with Crippen molar-refractivity contribution in [3.8, 4) is 5.75 Å². The van der Waals surface area contributed by atoms with Gasteiger partial charge in [-0.1, -0.05) is 12.1 Å². The van der Waals surface area contributed by atoms with Crippen LogP contribution in [0, 0.1) is 6.07 Å². The third-order valence-electron chi connectivity index (χ3n) is 1.06. The highest BCUT2D eigenvalue weighted by Gasteiger charge is 1.95. The molecule has 2 heteroatoms. The minimum atomic E-state index is -0.911. The summed E-state index contributed by atoms with van der Waals surface area (Å²) < 4.78 is 5.53. The largest absolute Gasteiger partial charge is 0.547 e. The first kappa shape index (κ1) is 7.35. The third-order valence-corrected chi connectivity index (χ3v) is 1.80. The van der Waals surface area contributed by atoms with Gasteiger partial charge in [-0.3, -0.25) is 0 Å². The van der Waals surface area contributed by atoms with E-state index in [4.69, 9.17) is 4.43 Å². The first-order valence-corrected chi connectivity index (χ1v) is 6.20. The van der Waals surface area contributed by atoms with Crippen molar-refractivity contribution in [2.75, 3.05) is 0 Å². The monoisotopic (exact) mass is 151 g/mol. The molecule has 0 aliphatic heterocycles. The molecule has 0 saturated carbocycles. The van der Waals surface area contributed by atoms with E-state index in [1.807, 2.05) is 24.3 Å². The molecular formula is C8H11OSi. The number of hydrogen-bond donors (Lipinski definition) is 0. The van der Waals surface area contributed by atoms with Crippen LogP contribution in [0.15, 0.2) is 24.3 Å². The van der Waals surface area contributed by atoms with Crippen LogP contribution in [0.3, 0.4) is 0 Å². The molecular weight excluding hydrogens is 140 g/mol. The normalized spacial score (nSPS) is 9.90. The summed E-state index contributed by atoms with van der Waals surface area (Å²) in [7, 11) is -0.911. The lowest BCUT2D eigenvalue weighted by Gasteiger charge is -2.07. The fraction of sp³-hybridized carbons (Fsp3) is 0.250. The van der Waals surface area contributed by atoms with E-state index in [-0.39, 0.29) is 0 Å². The van der Waals surface area contributed by atoms with Gasteiger partial charge >= 0.3 is 0 Å². The second kappa shape index (κ2) is 3.42. The minimum Gasteiger partial charge on any atom is -0.547 e. The molecule has 0 heterocycles. The van der Waals surface area contributed by atoms with Crippen LogP contribution in [0.5, 0.6) is 5.75 Å². The SMILES string of the molecule is C[SiH](C)Oc1cc[c]cc1. The van der Waals surface area contributed by atoms with Crippen molar-refractivity contribution in [1.82, 2.24) is 0 Å². The van der Waals surface area contributed by atoms with Crippen molar-refractivity contribution in [3.05, 3.63) is 30.3 Å². The number of benzene rings is 1.